The first-order valence-electron chi connectivity index (χ1n) is 7.81. The van der Waals surface area contributed by atoms with E-state index in [1.165, 1.54) is 6.92 Å². The predicted octanol–water partition coefficient (Wildman–Crippen LogP) is 2.89. The van der Waals surface area contributed by atoms with E-state index in [2.05, 4.69) is 25.2 Å². The van der Waals surface area contributed by atoms with Crippen molar-refractivity contribution in [2.45, 2.75) is 44.5 Å². The van der Waals surface area contributed by atoms with Crippen molar-refractivity contribution in [1.82, 2.24) is 9.44 Å². The predicted molar refractivity (Wildman–Crippen MR) is 96.3 cm³/mol. The average molecular weight is 491 g/mol. The van der Waals surface area contributed by atoms with Gasteiger partial charge in [0.25, 0.3) is 0 Å². The van der Waals surface area contributed by atoms with E-state index in [1.54, 1.807) is 11.6 Å². The van der Waals surface area contributed by atoms with Crippen LogP contribution in [0.2, 0.25) is 0 Å². The van der Waals surface area contributed by atoms with Crippen molar-refractivity contribution in [2.75, 3.05) is 0 Å². The highest BCUT2D eigenvalue weighted by atomic mass is 79.9. The minimum absolute atomic E-state index is 0.225. The summed E-state index contributed by atoms with van der Waals surface area (Å²) in [5.41, 5.74) is -4.75. The molecule has 3 atom stereocenters. The molecule has 8 nitrogen and oxygen atoms in total. The molecule has 1 saturated heterocycles. The molecule has 1 aliphatic heterocycles. The molecule has 152 valence electrons. The van der Waals surface area contributed by atoms with E-state index in [0.717, 1.165) is 18.2 Å². The Balaban J connectivity index is 2.36. The maximum Gasteiger partial charge on any atom is 0.402 e. The Hall–Kier alpha value is -0.910. The van der Waals surface area contributed by atoms with Gasteiger partial charge in [0.15, 0.2) is 0 Å². The molecule has 0 radical (unpaired) electrons. The highest BCUT2D eigenvalue weighted by Crippen LogP contribution is 2.64. The molecule has 0 saturated carbocycles. The number of hydrogen-bond acceptors (Lipinski definition) is 5. The van der Waals surface area contributed by atoms with Crippen molar-refractivity contribution in [1.29, 1.82) is 0 Å². The number of alkyl halides is 2. The zero-order chi connectivity index (χ0) is 20.6. The molecule has 27 heavy (non-hydrogen) atoms. The fourth-order valence-electron chi connectivity index (χ4n) is 2.35. The second kappa shape index (κ2) is 7.84. The summed E-state index contributed by atoms with van der Waals surface area (Å²) in [4.78, 5) is 21.2. The summed E-state index contributed by atoms with van der Waals surface area (Å²) in [6.45, 7) is 3.02. The van der Waals surface area contributed by atoms with Crippen molar-refractivity contribution in [3.63, 3.8) is 0 Å². The van der Waals surface area contributed by atoms with Gasteiger partial charge in [-0.05, 0) is 25.0 Å². The highest BCUT2D eigenvalue weighted by Gasteiger charge is 2.54. The van der Waals surface area contributed by atoms with Crippen LogP contribution in [-0.4, -0.2) is 25.3 Å². The number of hydrogen-bond donors (Lipinski definition) is 3. The highest BCUT2D eigenvalue weighted by molar-refractivity contribution is 9.10. The number of nitrogens with one attached hydrogen (secondary N) is 2. The SMILES string of the molecule is CCC(C)OP(=O)(O)C(F)(F)c1ccc(C2CC(=O)NS(=O)(=O)N2)cc1Br. The second-order valence-electron chi connectivity index (χ2n) is 6.03. The van der Waals surface area contributed by atoms with Crippen molar-refractivity contribution in [3.8, 4) is 0 Å². The number of amides is 1. The maximum atomic E-state index is 14.6. The Labute approximate surface area is 163 Å². The molecule has 0 aliphatic carbocycles. The summed E-state index contributed by atoms with van der Waals surface area (Å²) in [6.07, 6.45) is -0.804. The van der Waals surface area contributed by atoms with Gasteiger partial charge < -0.3 is 9.42 Å². The van der Waals surface area contributed by atoms with Crippen LogP contribution in [-0.2, 0) is 29.8 Å². The molecule has 2 rings (SSSR count). The molecular weight excluding hydrogens is 473 g/mol. The van der Waals surface area contributed by atoms with E-state index in [-0.39, 0.29) is 22.9 Å². The first-order valence-corrected chi connectivity index (χ1v) is 11.7. The molecule has 1 aromatic carbocycles. The van der Waals surface area contributed by atoms with Gasteiger partial charge in [-0.2, -0.15) is 21.9 Å². The van der Waals surface area contributed by atoms with Crippen LogP contribution in [0.4, 0.5) is 8.78 Å². The second-order valence-corrected chi connectivity index (χ2v) is 10.1. The van der Waals surface area contributed by atoms with Crippen molar-refractivity contribution in [3.05, 3.63) is 33.8 Å². The first kappa shape index (κ1) is 22.4. The molecule has 0 spiro atoms. The quantitative estimate of drug-likeness (QED) is 0.527. The number of carbonyl (C=O) groups excluding carboxylic acids is 1. The molecule has 1 aliphatic rings. The van der Waals surface area contributed by atoms with Gasteiger partial charge in [-0.3, -0.25) is 9.36 Å². The van der Waals surface area contributed by atoms with Crippen LogP contribution in [0.5, 0.6) is 0 Å². The van der Waals surface area contributed by atoms with E-state index >= 15 is 0 Å². The smallest absolute Gasteiger partial charge is 0.320 e. The molecule has 1 amide bonds. The summed E-state index contributed by atoms with van der Waals surface area (Å²) in [7, 11) is -9.37. The van der Waals surface area contributed by atoms with Crippen molar-refractivity contribution >= 4 is 39.6 Å². The molecule has 0 bridgehead atoms. The van der Waals surface area contributed by atoms with Gasteiger partial charge in [0, 0.05) is 16.5 Å². The maximum absolute atomic E-state index is 14.6. The lowest BCUT2D eigenvalue weighted by Crippen LogP contribution is -2.48. The van der Waals surface area contributed by atoms with Gasteiger partial charge in [-0.25, -0.2) is 4.72 Å². The Morgan fingerprint density at radius 2 is 2.11 bits per heavy atom. The van der Waals surface area contributed by atoms with Crippen LogP contribution in [0, 0.1) is 0 Å². The van der Waals surface area contributed by atoms with E-state index in [0.29, 0.717) is 0 Å². The normalized spacial score (nSPS) is 23.3. The van der Waals surface area contributed by atoms with E-state index in [1.807, 2.05) is 0 Å². The number of carbonyl (C=O) groups is 1. The van der Waals surface area contributed by atoms with Gasteiger partial charge in [-0.1, -0.05) is 35.0 Å². The Morgan fingerprint density at radius 1 is 1.48 bits per heavy atom. The van der Waals surface area contributed by atoms with Crippen molar-refractivity contribution in [2.24, 2.45) is 0 Å². The summed E-state index contributed by atoms with van der Waals surface area (Å²) >= 11 is 2.92. The summed E-state index contributed by atoms with van der Waals surface area (Å²) in [5.74, 6) is -0.744. The standard InChI is InChI=1S/C14H18BrF2N2O6PS/c1-3-8(2)25-26(21,22)14(16,17)10-5-4-9(6-11(10)15)12-7-13(20)19-27(23,24)18-12/h4-6,8,12,18H,3,7H2,1-2H3,(H,19,20)(H,21,22). The minimum atomic E-state index is -5.33. The molecule has 3 unspecified atom stereocenters. The van der Waals surface area contributed by atoms with Crippen LogP contribution < -0.4 is 9.44 Å². The van der Waals surface area contributed by atoms with Gasteiger partial charge >= 0.3 is 23.5 Å². The third-order valence-corrected chi connectivity index (χ3v) is 7.25. The summed E-state index contributed by atoms with van der Waals surface area (Å²) in [6, 6.07) is 2.25. The fourth-order valence-corrected chi connectivity index (χ4v) is 5.45. The molecular formula is C14H18BrF2N2O6PS. The Kier molecular flexibility index (Phi) is 6.50. The molecule has 3 N–H and O–H groups in total. The number of benzene rings is 1. The average Bonchev–Trinajstić information content (AvgIpc) is 2.51. The topological polar surface area (TPSA) is 122 Å². The van der Waals surface area contributed by atoms with E-state index in [9.17, 15) is 31.5 Å². The minimum Gasteiger partial charge on any atom is -0.320 e. The summed E-state index contributed by atoms with van der Waals surface area (Å²) in [5, 5.41) is 0. The number of rotatable bonds is 6. The van der Waals surface area contributed by atoms with Crippen LogP contribution in [0.3, 0.4) is 0 Å². The molecule has 1 fully saturated rings. The zero-order valence-corrected chi connectivity index (χ0v) is 17.6. The largest absolute Gasteiger partial charge is 0.402 e. The lowest BCUT2D eigenvalue weighted by atomic mass is 10.0. The van der Waals surface area contributed by atoms with Crippen LogP contribution in [0.15, 0.2) is 22.7 Å². The lowest BCUT2D eigenvalue weighted by Gasteiger charge is -2.27. The molecule has 13 heteroatoms. The van der Waals surface area contributed by atoms with Gasteiger partial charge in [0.2, 0.25) is 5.91 Å². The van der Waals surface area contributed by atoms with Crippen LogP contribution in [0.25, 0.3) is 0 Å². The third kappa shape index (κ3) is 4.93. The zero-order valence-electron chi connectivity index (χ0n) is 14.3. The Bertz CT molecular complexity index is 898. The summed E-state index contributed by atoms with van der Waals surface area (Å²) < 4.78 is 72.8. The van der Waals surface area contributed by atoms with Crippen molar-refractivity contribution < 1.29 is 36.0 Å². The Morgan fingerprint density at radius 3 is 2.63 bits per heavy atom. The molecule has 0 aromatic heterocycles. The third-order valence-electron chi connectivity index (χ3n) is 3.91. The lowest BCUT2D eigenvalue weighted by molar-refractivity contribution is -0.120. The van der Waals surface area contributed by atoms with E-state index < -0.39 is 47.1 Å². The molecule has 1 aromatic rings. The van der Waals surface area contributed by atoms with Gasteiger partial charge in [0.05, 0.1) is 12.1 Å². The van der Waals surface area contributed by atoms with Crippen LogP contribution in [0.1, 0.15) is 43.9 Å². The van der Waals surface area contributed by atoms with Gasteiger partial charge in [0.1, 0.15) is 0 Å². The van der Waals surface area contributed by atoms with Crippen LogP contribution >= 0.6 is 23.5 Å². The molecule has 1 heterocycles. The fraction of sp³-hybridized carbons (Fsp3) is 0.500. The first-order chi connectivity index (χ1) is 12.3. The van der Waals surface area contributed by atoms with E-state index in [4.69, 9.17) is 0 Å². The monoisotopic (exact) mass is 490 g/mol. The number of halogens is 3. The van der Waals surface area contributed by atoms with Gasteiger partial charge in [-0.15, -0.1) is 0 Å².